The molecule has 0 bridgehead atoms. The predicted molar refractivity (Wildman–Crippen MR) is 115 cm³/mol. The molecule has 3 rings (SSSR count). The highest BCUT2D eigenvalue weighted by Crippen LogP contribution is 2.36. The molecule has 1 amide bonds. The summed E-state index contributed by atoms with van der Waals surface area (Å²) >= 11 is 1.41. The van der Waals surface area contributed by atoms with Crippen LogP contribution in [0.3, 0.4) is 0 Å². The highest BCUT2D eigenvalue weighted by atomic mass is 32.1. The van der Waals surface area contributed by atoms with Crippen LogP contribution in [-0.2, 0) is 16.0 Å². The van der Waals surface area contributed by atoms with Crippen LogP contribution >= 0.6 is 11.3 Å². The number of hydrogen-bond donors (Lipinski definition) is 1. The topological polar surface area (TPSA) is 82.1 Å². The number of carboxylic acids is 1. The summed E-state index contributed by atoms with van der Waals surface area (Å²) in [5.41, 5.74) is 5.26. The van der Waals surface area contributed by atoms with E-state index >= 15 is 0 Å². The number of anilines is 1. The summed E-state index contributed by atoms with van der Waals surface area (Å²) in [7, 11) is 0. The van der Waals surface area contributed by atoms with Gasteiger partial charge >= 0.3 is 0 Å². The zero-order valence-electron chi connectivity index (χ0n) is 17.4. The van der Waals surface area contributed by atoms with E-state index in [-0.39, 0.29) is 5.91 Å². The smallest absolute Gasteiger partial charge is 0.230 e. The Morgan fingerprint density at radius 3 is 2.31 bits per heavy atom. The molecule has 2 atom stereocenters. The van der Waals surface area contributed by atoms with Crippen molar-refractivity contribution in [2.24, 2.45) is 11.8 Å². The number of nitrogens with one attached hydrogen (secondary N) is 1. The summed E-state index contributed by atoms with van der Waals surface area (Å²) in [6, 6.07) is 8.34. The fourth-order valence-corrected chi connectivity index (χ4v) is 4.69. The van der Waals surface area contributed by atoms with Gasteiger partial charge in [-0.15, -0.1) is 11.3 Å². The van der Waals surface area contributed by atoms with Crippen LogP contribution in [-0.4, -0.2) is 16.9 Å². The molecule has 154 valence electrons. The lowest BCUT2D eigenvalue weighted by molar-refractivity contribution is -0.313. The number of rotatable bonds is 6. The van der Waals surface area contributed by atoms with Crippen molar-refractivity contribution >= 4 is 28.3 Å². The van der Waals surface area contributed by atoms with Gasteiger partial charge in [0.15, 0.2) is 5.13 Å². The van der Waals surface area contributed by atoms with Gasteiger partial charge in [0.05, 0.1) is 11.6 Å². The number of amides is 1. The van der Waals surface area contributed by atoms with Gasteiger partial charge in [-0.1, -0.05) is 48.8 Å². The van der Waals surface area contributed by atoms with E-state index in [0.29, 0.717) is 18.0 Å². The number of benzene rings is 1. The molecule has 2 aromatic rings. The number of carbonyl (C=O) groups excluding carboxylic acids is 2. The van der Waals surface area contributed by atoms with Gasteiger partial charge in [-0.25, -0.2) is 4.98 Å². The van der Waals surface area contributed by atoms with Crippen molar-refractivity contribution in [2.45, 2.75) is 53.4 Å². The molecule has 29 heavy (non-hydrogen) atoms. The second kappa shape index (κ2) is 8.91. The maximum Gasteiger partial charge on any atom is 0.230 e. The number of aryl methyl sites for hydroxylation is 2. The highest BCUT2D eigenvalue weighted by molar-refractivity contribution is 7.16. The van der Waals surface area contributed by atoms with Crippen LogP contribution in [0.5, 0.6) is 0 Å². The molecular weight excluding hydrogens is 384 g/mol. The number of hydrogen-bond acceptors (Lipinski definition) is 5. The first-order valence-corrected chi connectivity index (χ1v) is 10.9. The molecule has 0 fully saturated rings. The fraction of sp³-hybridized carbons (Fsp3) is 0.435. The molecule has 0 radical (unpaired) electrons. The van der Waals surface area contributed by atoms with Gasteiger partial charge in [0.2, 0.25) is 5.91 Å². The van der Waals surface area contributed by atoms with Gasteiger partial charge in [0.1, 0.15) is 0 Å². The zero-order chi connectivity index (χ0) is 21.1. The van der Waals surface area contributed by atoms with Gasteiger partial charge < -0.3 is 15.2 Å². The molecular formula is C23H27N2O3S-. The minimum atomic E-state index is -1.17. The third-order valence-electron chi connectivity index (χ3n) is 5.70. The Balaban J connectivity index is 1.77. The number of nitrogens with zero attached hydrogens (tertiary/aromatic N) is 1. The number of thiazole rings is 1. The van der Waals surface area contributed by atoms with E-state index in [2.05, 4.69) is 41.5 Å². The third kappa shape index (κ3) is 4.75. The van der Waals surface area contributed by atoms with Gasteiger partial charge in [-0.2, -0.15) is 0 Å². The second-order valence-electron chi connectivity index (χ2n) is 7.86. The molecule has 0 unspecified atom stereocenters. The quantitative estimate of drug-likeness (QED) is 0.725. The van der Waals surface area contributed by atoms with Crippen molar-refractivity contribution in [3.63, 3.8) is 0 Å². The molecule has 1 aromatic carbocycles. The molecule has 0 aliphatic heterocycles. The Kier molecular flexibility index (Phi) is 6.52. The predicted octanol–water partition coefficient (Wildman–Crippen LogP) is 4.12. The monoisotopic (exact) mass is 411 g/mol. The largest absolute Gasteiger partial charge is 0.550 e. The third-order valence-corrected chi connectivity index (χ3v) is 6.58. The van der Waals surface area contributed by atoms with E-state index in [4.69, 9.17) is 0 Å². The lowest BCUT2D eigenvalue weighted by Crippen LogP contribution is -2.42. The Hall–Kier alpha value is -2.47. The molecule has 1 heterocycles. The first-order chi connectivity index (χ1) is 13.8. The fourth-order valence-electron chi connectivity index (χ4n) is 3.85. The summed E-state index contributed by atoms with van der Waals surface area (Å²) < 4.78 is 0. The maximum absolute atomic E-state index is 12.9. The Labute approximate surface area is 175 Å². The molecule has 1 N–H and O–H groups in total. The van der Waals surface area contributed by atoms with E-state index in [9.17, 15) is 14.7 Å². The number of allylic oxidation sites excluding steroid dienone is 2. The van der Waals surface area contributed by atoms with E-state index in [1.807, 2.05) is 20.8 Å². The van der Waals surface area contributed by atoms with Crippen LogP contribution in [0.4, 0.5) is 5.13 Å². The normalized spacial score (nSPS) is 19.3. The Morgan fingerprint density at radius 1 is 1.10 bits per heavy atom. The van der Waals surface area contributed by atoms with Crippen LogP contribution in [0.25, 0.3) is 11.3 Å². The van der Waals surface area contributed by atoms with Crippen LogP contribution in [0, 0.1) is 18.8 Å². The molecule has 0 spiro atoms. The number of carbonyl (C=O) groups is 2. The summed E-state index contributed by atoms with van der Waals surface area (Å²) in [6.07, 6.45) is 2.95. The van der Waals surface area contributed by atoms with E-state index in [1.165, 1.54) is 16.9 Å². The molecule has 6 heteroatoms. The second-order valence-corrected chi connectivity index (χ2v) is 9.06. The summed E-state index contributed by atoms with van der Waals surface area (Å²) in [6.45, 7) is 8.00. The lowest BCUT2D eigenvalue weighted by Gasteiger charge is -2.32. The first-order valence-electron chi connectivity index (χ1n) is 10.0. The summed E-state index contributed by atoms with van der Waals surface area (Å²) in [5, 5.41) is 14.9. The van der Waals surface area contributed by atoms with Crippen molar-refractivity contribution in [1.29, 1.82) is 0 Å². The van der Waals surface area contributed by atoms with E-state index < -0.39 is 17.8 Å². The van der Waals surface area contributed by atoms with Crippen LogP contribution in [0.1, 0.15) is 50.5 Å². The number of carboxylic acid groups (broad SMARTS) is 1. The van der Waals surface area contributed by atoms with Crippen LogP contribution < -0.4 is 10.4 Å². The van der Waals surface area contributed by atoms with Crippen LogP contribution in [0.2, 0.25) is 0 Å². The SMILES string of the molecule is CCCc1ccc(-c2nc(NC(=O)[C@H]3CC(C)=C(C)C[C@@H]3C(=O)[O-])sc2C)cc1. The highest BCUT2D eigenvalue weighted by Gasteiger charge is 2.34. The van der Waals surface area contributed by atoms with Crippen LogP contribution in [0.15, 0.2) is 35.4 Å². The number of aliphatic carboxylic acids is 1. The standard InChI is InChI=1S/C23H28N2O3S/c1-5-6-16-7-9-17(10-8-16)20-15(4)29-23(24-20)25-21(26)18-11-13(2)14(3)12-19(18)22(27)28/h7-10,18-19H,5-6,11-12H2,1-4H3,(H,27,28)(H,24,25,26)/p-1/t18-,19-/m0/s1. The van der Waals surface area contributed by atoms with E-state index in [1.54, 1.807) is 0 Å². The van der Waals surface area contributed by atoms with Gasteiger partial charge in [-0.3, -0.25) is 4.79 Å². The minimum Gasteiger partial charge on any atom is -0.550 e. The van der Waals surface area contributed by atoms with Gasteiger partial charge in [0.25, 0.3) is 0 Å². The molecule has 0 saturated heterocycles. The molecule has 1 aliphatic rings. The number of aromatic nitrogens is 1. The van der Waals surface area contributed by atoms with Crippen molar-refractivity contribution in [3.8, 4) is 11.3 Å². The summed E-state index contributed by atoms with van der Waals surface area (Å²) in [4.78, 5) is 30.0. The Bertz CT molecular complexity index is 944. The van der Waals surface area contributed by atoms with Crippen molar-refractivity contribution in [3.05, 3.63) is 45.9 Å². The average Bonchev–Trinajstić information content (AvgIpc) is 3.04. The lowest BCUT2D eigenvalue weighted by atomic mass is 9.76. The maximum atomic E-state index is 12.9. The zero-order valence-corrected chi connectivity index (χ0v) is 18.2. The molecule has 1 aromatic heterocycles. The Morgan fingerprint density at radius 2 is 1.72 bits per heavy atom. The first kappa shape index (κ1) is 21.2. The minimum absolute atomic E-state index is 0.301. The molecule has 1 aliphatic carbocycles. The molecule has 5 nitrogen and oxygen atoms in total. The average molecular weight is 412 g/mol. The van der Waals surface area contributed by atoms with Crippen molar-refractivity contribution in [1.82, 2.24) is 4.98 Å². The molecule has 0 saturated carbocycles. The van der Waals surface area contributed by atoms with Gasteiger partial charge in [0, 0.05) is 22.3 Å². The van der Waals surface area contributed by atoms with E-state index in [0.717, 1.165) is 40.1 Å². The van der Waals surface area contributed by atoms with Gasteiger partial charge in [-0.05, 0) is 45.6 Å². The van der Waals surface area contributed by atoms with Crippen molar-refractivity contribution in [2.75, 3.05) is 5.32 Å². The van der Waals surface area contributed by atoms with Crippen molar-refractivity contribution < 1.29 is 14.7 Å². The summed E-state index contributed by atoms with van der Waals surface area (Å²) in [5.74, 6) is -2.90.